The van der Waals surface area contributed by atoms with Gasteiger partial charge in [-0.3, -0.25) is 0 Å². The molecule has 4 heteroatoms. The van der Waals surface area contributed by atoms with Crippen LogP contribution in [0.5, 0.6) is 0 Å². The molecule has 2 fully saturated rings. The first-order valence-electron chi connectivity index (χ1n) is 8.49. The van der Waals surface area contributed by atoms with Crippen molar-refractivity contribution in [3.63, 3.8) is 0 Å². The van der Waals surface area contributed by atoms with Gasteiger partial charge in [-0.1, -0.05) is 24.3 Å². The summed E-state index contributed by atoms with van der Waals surface area (Å²) in [5.74, 6) is 0.659. The van der Waals surface area contributed by atoms with E-state index >= 15 is 0 Å². The van der Waals surface area contributed by atoms with Gasteiger partial charge in [-0.25, -0.2) is 0 Å². The lowest BCUT2D eigenvalue weighted by molar-refractivity contribution is 0.00578. The third-order valence-electron chi connectivity index (χ3n) is 5.71. The van der Waals surface area contributed by atoms with Gasteiger partial charge in [-0.05, 0) is 70.3 Å². The molecule has 2 aliphatic rings. The fraction of sp³-hybridized carbons (Fsp3) is 0.667. The van der Waals surface area contributed by atoms with Crippen LogP contribution in [0.3, 0.4) is 0 Å². The standard InChI is InChI=1S/C18H28BNO2/c1-17(2)18(3,4)22-19(21-17)15-9-5-13(6-10-15)14-7-11-16(20)12-8-14/h5-6,9-10,14,16H,7-8,11-12,20H2,1-4H3. The summed E-state index contributed by atoms with van der Waals surface area (Å²) in [6, 6.07) is 9.20. The minimum Gasteiger partial charge on any atom is -0.399 e. The zero-order valence-electron chi connectivity index (χ0n) is 14.3. The molecule has 1 saturated heterocycles. The molecule has 1 saturated carbocycles. The monoisotopic (exact) mass is 301 g/mol. The third-order valence-corrected chi connectivity index (χ3v) is 5.71. The lowest BCUT2D eigenvalue weighted by atomic mass is 9.76. The van der Waals surface area contributed by atoms with E-state index in [2.05, 4.69) is 52.0 Å². The fourth-order valence-corrected chi connectivity index (χ4v) is 3.36. The molecule has 0 atom stereocenters. The fourth-order valence-electron chi connectivity index (χ4n) is 3.36. The van der Waals surface area contributed by atoms with E-state index in [9.17, 15) is 0 Å². The Hall–Kier alpha value is -0.835. The SMILES string of the molecule is CC1(C)OB(c2ccc(C3CCC(N)CC3)cc2)OC1(C)C. The number of rotatable bonds is 2. The Kier molecular flexibility index (Phi) is 4.13. The van der Waals surface area contributed by atoms with Gasteiger partial charge in [0.25, 0.3) is 0 Å². The summed E-state index contributed by atoms with van der Waals surface area (Å²) in [5.41, 5.74) is 7.97. The van der Waals surface area contributed by atoms with Gasteiger partial charge in [0.1, 0.15) is 0 Å². The smallest absolute Gasteiger partial charge is 0.399 e. The predicted molar refractivity (Wildman–Crippen MR) is 91.3 cm³/mol. The molecule has 0 bridgehead atoms. The highest BCUT2D eigenvalue weighted by Crippen LogP contribution is 2.37. The lowest BCUT2D eigenvalue weighted by Gasteiger charge is -2.32. The highest BCUT2D eigenvalue weighted by atomic mass is 16.7. The minimum atomic E-state index is -0.282. The molecule has 1 heterocycles. The number of nitrogens with two attached hydrogens (primary N) is 1. The van der Waals surface area contributed by atoms with Gasteiger partial charge >= 0.3 is 7.12 Å². The zero-order valence-corrected chi connectivity index (χ0v) is 14.3. The summed E-state index contributed by atoms with van der Waals surface area (Å²) in [6.45, 7) is 8.36. The molecule has 0 unspecified atom stereocenters. The normalized spacial score (nSPS) is 30.5. The number of hydrogen-bond donors (Lipinski definition) is 1. The quantitative estimate of drug-likeness (QED) is 0.854. The molecule has 0 aromatic heterocycles. The summed E-state index contributed by atoms with van der Waals surface area (Å²) < 4.78 is 12.2. The molecular weight excluding hydrogens is 273 g/mol. The Labute approximate surface area is 134 Å². The van der Waals surface area contributed by atoms with Crippen molar-refractivity contribution in [1.29, 1.82) is 0 Å². The van der Waals surface area contributed by atoms with Crippen molar-refractivity contribution in [2.45, 2.75) is 76.5 Å². The molecular formula is C18H28BNO2. The Bertz CT molecular complexity index is 502. The van der Waals surface area contributed by atoms with Crippen molar-refractivity contribution in [2.24, 2.45) is 5.73 Å². The van der Waals surface area contributed by atoms with Crippen LogP contribution in [0, 0.1) is 0 Å². The van der Waals surface area contributed by atoms with E-state index < -0.39 is 0 Å². The molecule has 1 aromatic carbocycles. The maximum absolute atomic E-state index is 6.11. The predicted octanol–water partition coefficient (Wildman–Crippen LogP) is 2.97. The van der Waals surface area contributed by atoms with Gasteiger partial charge in [-0.15, -0.1) is 0 Å². The second-order valence-corrected chi connectivity index (χ2v) is 7.87. The summed E-state index contributed by atoms with van der Waals surface area (Å²) in [7, 11) is -0.265. The average molecular weight is 301 g/mol. The van der Waals surface area contributed by atoms with Crippen LogP contribution in [0.15, 0.2) is 24.3 Å². The number of benzene rings is 1. The van der Waals surface area contributed by atoms with Gasteiger partial charge in [0.2, 0.25) is 0 Å². The molecule has 2 N–H and O–H groups in total. The van der Waals surface area contributed by atoms with Gasteiger partial charge in [0.05, 0.1) is 11.2 Å². The minimum absolute atomic E-state index is 0.265. The Morgan fingerprint density at radius 3 is 1.91 bits per heavy atom. The van der Waals surface area contributed by atoms with Crippen LogP contribution in [0.4, 0.5) is 0 Å². The maximum atomic E-state index is 6.11. The molecule has 3 rings (SSSR count). The number of hydrogen-bond acceptors (Lipinski definition) is 3. The largest absolute Gasteiger partial charge is 0.494 e. The second-order valence-electron chi connectivity index (χ2n) is 7.87. The molecule has 0 amide bonds. The van der Waals surface area contributed by atoms with E-state index in [0.717, 1.165) is 18.3 Å². The Morgan fingerprint density at radius 2 is 1.41 bits per heavy atom. The van der Waals surface area contributed by atoms with Crippen LogP contribution in [0.1, 0.15) is 64.9 Å². The molecule has 22 heavy (non-hydrogen) atoms. The summed E-state index contributed by atoms with van der Waals surface area (Å²) in [6.07, 6.45) is 4.70. The highest BCUT2D eigenvalue weighted by molar-refractivity contribution is 6.62. The molecule has 120 valence electrons. The maximum Gasteiger partial charge on any atom is 0.494 e. The molecule has 0 spiro atoms. The average Bonchev–Trinajstić information content (AvgIpc) is 2.68. The molecule has 1 aromatic rings. The summed E-state index contributed by atoms with van der Waals surface area (Å²) >= 11 is 0. The second kappa shape index (κ2) is 5.66. The van der Waals surface area contributed by atoms with Gasteiger partial charge in [0.15, 0.2) is 0 Å². The van der Waals surface area contributed by atoms with Crippen LogP contribution in [-0.4, -0.2) is 24.4 Å². The van der Waals surface area contributed by atoms with Crippen molar-refractivity contribution < 1.29 is 9.31 Å². The lowest BCUT2D eigenvalue weighted by Crippen LogP contribution is -2.41. The van der Waals surface area contributed by atoms with Crippen molar-refractivity contribution in [3.8, 4) is 0 Å². The zero-order chi connectivity index (χ0) is 16.0. The molecule has 0 radical (unpaired) electrons. The first-order valence-corrected chi connectivity index (χ1v) is 8.49. The first-order chi connectivity index (χ1) is 10.3. The van der Waals surface area contributed by atoms with E-state index in [-0.39, 0.29) is 18.3 Å². The van der Waals surface area contributed by atoms with E-state index in [0.29, 0.717) is 12.0 Å². The van der Waals surface area contributed by atoms with E-state index in [1.807, 2.05) is 0 Å². The topological polar surface area (TPSA) is 44.5 Å². The summed E-state index contributed by atoms with van der Waals surface area (Å²) in [5, 5.41) is 0. The van der Waals surface area contributed by atoms with Crippen LogP contribution < -0.4 is 11.2 Å². The Balaban J connectivity index is 1.70. The highest BCUT2D eigenvalue weighted by Gasteiger charge is 2.51. The van der Waals surface area contributed by atoms with E-state index in [1.54, 1.807) is 0 Å². The first kappa shape index (κ1) is 16.0. The van der Waals surface area contributed by atoms with E-state index in [4.69, 9.17) is 15.0 Å². The van der Waals surface area contributed by atoms with Crippen LogP contribution >= 0.6 is 0 Å². The van der Waals surface area contributed by atoms with Crippen LogP contribution in [0.25, 0.3) is 0 Å². The van der Waals surface area contributed by atoms with E-state index in [1.165, 1.54) is 18.4 Å². The Morgan fingerprint density at radius 1 is 0.909 bits per heavy atom. The van der Waals surface area contributed by atoms with Crippen molar-refractivity contribution >= 4 is 12.6 Å². The van der Waals surface area contributed by atoms with Crippen molar-refractivity contribution in [1.82, 2.24) is 0 Å². The van der Waals surface area contributed by atoms with Crippen LogP contribution in [0.2, 0.25) is 0 Å². The van der Waals surface area contributed by atoms with Gasteiger partial charge < -0.3 is 15.0 Å². The van der Waals surface area contributed by atoms with Gasteiger partial charge in [-0.2, -0.15) is 0 Å². The van der Waals surface area contributed by atoms with Crippen molar-refractivity contribution in [3.05, 3.63) is 29.8 Å². The summed E-state index contributed by atoms with van der Waals surface area (Å²) in [4.78, 5) is 0. The molecule has 3 nitrogen and oxygen atoms in total. The molecule has 1 aliphatic carbocycles. The van der Waals surface area contributed by atoms with Crippen molar-refractivity contribution in [2.75, 3.05) is 0 Å². The van der Waals surface area contributed by atoms with Crippen LogP contribution in [-0.2, 0) is 9.31 Å². The molecule has 1 aliphatic heterocycles. The third kappa shape index (κ3) is 2.97. The van der Waals surface area contributed by atoms with Gasteiger partial charge in [0, 0.05) is 6.04 Å².